The van der Waals surface area contributed by atoms with Crippen LogP contribution >= 0.6 is 0 Å². The third-order valence-corrected chi connectivity index (χ3v) is 3.16. The van der Waals surface area contributed by atoms with Crippen molar-refractivity contribution in [2.45, 2.75) is 0 Å². The summed E-state index contributed by atoms with van der Waals surface area (Å²) in [5, 5.41) is 16.3. The number of phenols is 1. The lowest BCUT2D eigenvalue weighted by atomic mass is 10.3. The first-order valence-electron chi connectivity index (χ1n) is 7.09. The van der Waals surface area contributed by atoms with Crippen molar-refractivity contribution in [1.29, 1.82) is 0 Å². The Labute approximate surface area is 133 Å². The molecule has 0 radical (unpaired) electrons. The number of para-hydroxylation sites is 1. The topological polar surface area (TPSA) is 67.2 Å². The number of phenolic OH excluding ortho intramolecular Hbond substituents is 1. The number of nitrogens with one attached hydrogen (secondary N) is 1. The fourth-order valence-electron chi connectivity index (χ4n) is 2.08. The van der Waals surface area contributed by atoms with E-state index in [0.29, 0.717) is 5.69 Å². The number of hydrogen-bond acceptors (Lipinski definition) is 3. The van der Waals surface area contributed by atoms with Crippen molar-refractivity contribution in [2.75, 3.05) is 5.32 Å². The number of aromatic nitrogens is 2. The number of hydrogen-bond donors (Lipinski definition) is 2. The lowest BCUT2D eigenvalue weighted by Gasteiger charge is -2.01. The van der Waals surface area contributed by atoms with Crippen LogP contribution in [0, 0.1) is 0 Å². The SMILES string of the molecule is O=C(/C=C/c1cnn(-c2ccccc2)c1)Nc1cccc(O)c1. The van der Waals surface area contributed by atoms with Crippen LogP contribution in [0.1, 0.15) is 5.56 Å². The number of carbonyl (C=O) groups is 1. The molecule has 1 heterocycles. The van der Waals surface area contributed by atoms with E-state index in [1.807, 2.05) is 36.5 Å². The Bertz CT molecular complexity index is 838. The normalized spacial score (nSPS) is 10.8. The monoisotopic (exact) mass is 305 g/mol. The molecule has 0 bridgehead atoms. The summed E-state index contributed by atoms with van der Waals surface area (Å²) in [5.41, 5.74) is 2.32. The summed E-state index contributed by atoms with van der Waals surface area (Å²) in [4.78, 5) is 11.9. The molecule has 2 N–H and O–H groups in total. The quantitative estimate of drug-likeness (QED) is 0.727. The number of carbonyl (C=O) groups excluding carboxylic acids is 1. The predicted octanol–water partition coefficient (Wildman–Crippen LogP) is 3.23. The molecule has 0 unspecified atom stereocenters. The number of anilines is 1. The van der Waals surface area contributed by atoms with Crippen LogP contribution in [0.15, 0.2) is 73.1 Å². The Hall–Kier alpha value is -3.34. The molecule has 3 rings (SSSR count). The second-order valence-electron chi connectivity index (χ2n) is 4.93. The average molecular weight is 305 g/mol. The zero-order valence-corrected chi connectivity index (χ0v) is 12.3. The maximum absolute atomic E-state index is 11.9. The largest absolute Gasteiger partial charge is 0.508 e. The number of benzene rings is 2. The maximum atomic E-state index is 11.9. The first kappa shape index (κ1) is 14.6. The van der Waals surface area contributed by atoms with Gasteiger partial charge in [0, 0.05) is 29.6 Å². The van der Waals surface area contributed by atoms with Crippen molar-refractivity contribution in [2.24, 2.45) is 0 Å². The summed E-state index contributed by atoms with van der Waals surface area (Å²) < 4.78 is 1.74. The molecule has 23 heavy (non-hydrogen) atoms. The minimum atomic E-state index is -0.275. The molecule has 1 amide bonds. The van der Waals surface area contributed by atoms with E-state index in [1.165, 1.54) is 12.1 Å². The van der Waals surface area contributed by atoms with Gasteiger partial charge in [0.2, 0.25) is 5.91 Å². The molecule has 5 heteroatoms. The average Bonchev–Trinajstić information content (AvgIpc) is 3.03. The van der Waals surface area contributed by atoms with Gasteiger partial charge in [-0.25, -0.2) is 4.68 Å². The van der Waals surface area contributed by atoms with Gasteiger partial charge >= 0.3 is 0 Å². The van der Waals surface area contributed by atoms with Crippen LogP contribution in [0.25, 0.3) is 11.8 Å². The molecule has 0 atom stereocenters. The minimum Gasteiger partial charge on any atom is -0.508 e. The van der Waals surface area contributed by atoms with E-state index in [9.17, 15) is 9.90 Å². The van der Waals surface area contributed by atoms with Crippen LogP contribution in [0.3, 0.4) is 0 Å². The molecule has 0 spiro atoms. The Balaban J connectivity index is 1.66. The van der Waals surface area contributed by atoms with Crippen LogP contribution in [0.4, 0.5) is 5.69 Å². The molecule has 0 fully saturated rings. The Morgan fingerprint density at radius 3 is 2.74 bits per heavy atom. The van der Waals surface area contributed by atoms with Gasteiger partial charge in [0.25, 0.3) is 0 Å². The third kappa shape index (κ3) is 3.85. The maximum Gasteiger partial charge on any atom is 0.248 e. The van der Waals surface area contributed by atoms with Crippen molar-refractivity contribution in [3.05, 3.63) is 78.6 Å². The van der Waals surface area contributed by atoms with Crippen molar-refractivity contribution >= 4 is 17.7 Å². The molecule has 1 aromatic heterocycles. The summed E-state index contributed by atoms with van der Waals surface area (Å²) in [6, 6.07) is 16.1. The van der Waals surface area contributed by atoms with Crippen LogP contribution in [0.2, 0.25) is 0 Å². The van der Waals surface area contributed by atoms with Crippen molar-refractivity contribution in [1.82, 2.24) is 9.78 Å². The highest BCUT2D eigenvalue weighted by Gasteiger charge is 2.01. The lowest BCUT2D eigenvalue weighted by molar-refractivity contribution is -0.111. The molecular weight excluding hydrogens is 290 g/mol. The Kier molecular flexibility index (Phi) is 4.20. The fraction of sp³-hybridized carbons (Fsp3) is 0. The van der Waals surface area contributed by atoms with Gasteiger partial charge in [-0.2, -0.15) is 5.10 Å². The molecule has 3 aromatic rings. The van der Waals surface area contributed by atoms with Gasteiger partial charge < -0.3 is 10.4 Å². The Morgan fingerprint density at radius 1 is 1.13 bits per heavy atom. The molecule has 2 aromatic carbocycles. The molecular formula is C18H15N3O2. The standard InChI is InChI=1S/C18H15N3O2/c22-17-8-4-5-15(11-17)20-18(23)10-9-14-12-19-21(13-14)16-6-2-1-3-7-16/h1-13,22H,(H,20,23)/b10-9+. The minimum absolute atomic E-state index is 0.107. The second-order valence-corrected chi connectivity index (χ2v) is 4.93. The summed E-state index contributed by atoms with van der Waals surface area (Å²) in [5.74, 6) is -0.168. The van der Waals surface area contributed by atoms with E-state index in [2.05, 4.69) is 10.4 Å². The first-order chi connectivity index (χ1) is 11.2. The van der Waals surface area contributed by atoms with Crippen molar-refractivity contribution in [3.8, 4) is 11.4 Å². The van der Waals surface area contributed by atoms with Gasteiger partial charge in [-0.1, -0.05) is 24.3 Å². The van der Waals surface area contributed by atoms with E-state index < -0.39 is 0 Å². The van der Waals surface area contributed by atoms with Crippen LogP contribution in [-0.2, 0) is 4.79 Å². The van der Waals surface area contributed by atoms with E-state index in [4.69, 9.17) is 0 Å². The zero-order chi connectivity index (χ0) is 16.1. The van der Waals surface area contributed by atoms with Gasteiger partial charge in [0.1, 0.15) is 5.75 Å². The van der Waals surface area contributed by atoms with Crippen LogP contribution in [-0.4, -0.2) is 20.8 Å². The third-order valence-electron chi connectivity index (χ3n) is 3.16. The van der Waals surface area contributed by atoms with Crippen LogP contribution < -0.4 is 5.32 Å². The van der Waals surface area contributed by atoms with E-state index >= 15 is 0 Å². The van der Waals surface area contributed by atoms with E-state index in [0.717, 1.165) is 11.3 Å². The van der Waals surface area contributed by atoms with Crippen molar-refractivity contribution in [3.63, 3.8) is 0 Å². The highest BCUT2D eigenvalue weighted by molar-refractivity contribution is 6.01. The fourth-order valence-corrected chi connectivity index (χ4v) is 2.08. The molecule has 0 saturated heterocycles. The number of amides is 1. The Morgan fingerprint density at radius 2 is 1.96 bits per heavy atom. The highest BCUT2D eigenvalue weighted by atomic mass is 16.3. The number of rotatable bonds is 4. The summed E-state index contributed by atoms with van der Waals surface area (Å²) in [6.07, 6.45) is 6.64. The van der Waals surface area contributed by atoms with Gasteiger partial charge in [0.15, 0.2) is 0 Å². The molecule has 0 aliphatic heterocycles. The van der Waals surface area contributed by atoms with Gasteiger partial charge in [0.05, 0.1) is 11.9 Å². The molecule has 0 aliphatic rings. The summed E-state index contributed by atoms with van der Waals surface area (Å²) >= 11 is 0. The summed E-state index contributed by atoms with van der Waals surface area (Å²) in [7, 11) is 0. The second kappa shape index (κ2) is 6.62. The number of nitrogens with zero attached hydrogens (tertiary/aromatic N) is 2. The van der Waals surface area contributed by atoms with E-state index in [-0.39, 0.29) is 11.7 Å². The van der Waals surface area contributed by atoms with Gasteiger partial charge in [-0.05, 0) is 30.3 Å². The van der Waals surface area contributed by atoms with E-state index in [1.54, 1.807) is 35.2 Å². The smallest absolute Gasteiger partial charge is 0.248 e. The van der Waals surface area contributed by atoms with Gasteiger partial charge in [-0.3, -0.25) is 4.79 Å². The van der Waals surface area contributed by atoms with Crippen molar-refractivity contribution < 1.29 is 9.90 Å². The lowest BCUT2D eigenvalue weighted by Crippen LogP contribution is -2.07. The molecule has 114 valence electrons. The zero-order valence-electron chi connectivity index (χ0n) is 12.3. The highest BCUT2D eigenvalue weighted by Crippen LogP contribution is 2.15. The first-order valence-corrected chi connectivity index (χ1v) is 7.09. The van der Waals surface area contributed by atoms with Crippen LogP contribution in [0.5, 0.6) is 5.75 Å². The molecule has 5 nitrogen and oxygen atoms in total. The predicted molar refractivity (Wildman–Crippen MR) is 89.3 cm³/mol. The van der Waals surface area contributed by atoms with Gasteiger partial charge in [-0.15, -0.1) is 0 Å². The summed E-state index contributed by atoms with van der Waals surface area (Å²) in [6.45, 7) is 0. The molecule has 0 aliphatic carbocycles. The molecule has 0 saturated carbocycles. The number of aromatic hydroxyl groups is 1.